The molecular formula is C12H11F10NO4S3. The van der Waals surface area contributed by atoms with Gasteiger partial charge < -0.3 is 0 Å². The van der Waals surface area contributed by atoms with Gasteiger partial charge in [0.1, 0.15) is 0 Å². The summed E-state index contributed by atoms with van der Waals surface area (Å²) >= 11 is 0. The Morgan fingerprint density at radius 3 is 1.20 bits per heavy atom. The van der Waals surface area contributed by atoms with Crippen molar-refractivity contribution in [2.75, 3.05) is 12.5 Å². The molecule has 0 aromatic heterocycles. The molecule has 0 atom stereocenters. The first-order valence-corrected chi connectivity index (χ1v) is 12.2. The second-order valence-corrected chi connectivity index (χ2v) is 13.5. The van der Waals surface area contributed by atoms with Gasteiger partial charge in [-0.25, -0.2) is 16.8 Å². The molecule has 176 valence electrons. The van der Waals surface area contributed by atoms with Crippen LogP contribution in [-0.2, 0) is 20.0 Å². The lowest BCUT2D eigenvalue weighted by Gasteiger charge is -2.43. The Balaban J connectivity index is 4.08. The van der Waals surface area contributed by atoms with Crippen LogP contribution in [0.2, 0.25) is 0 Å². The number of hydrogen-bond acceptors (Lipinski definition) is 4. The maximum absolute atomic E-state index is 13.7. The fourth-order valence-electron chi connectivity index (χ4n) is 1.94. The van der Waals surface area contributed by atoms with Crippen LogP contribution >= 0.6 is 10.2 Å². The Hall–Kier alpha value is -1.27. The van der Waals surface area contributed by atoms with E-state index in [1.807, 2.05) is 0 Å². The molecule has 0 aliphatic carbocycles. The molecule has 0 N–H and O–H groups in total. The van der Waals surface area contributed by atoms with Crippen molar-refractivity contribution in [3.8, 4) is 0 Å². The van der Waals surface area contributed by atoms with Crippen molar-refractivity contribution in [2.45, 2.75) is 27.8 Å². The SMILES string of the molecule is CS(C)(c1ccccc1)N(S(=O)(=O)C(F)(F)C(F)(F)F)S(=O)(=O)C(F)(F)C(F)(F)F. The molecule has 0 amide bonds. The van der Waals surface area contributed by atoms with Crippen molar-refractivity contribution in [2.24, 2.45) is 0 Å². The number of benzene rings is 1. The molecule has 18 heteroatoms. The first kappa shape index (κ1) is 26.8. The Morgan fingerprint density at radius 1 is 0.633 bits per heavy atom. The Bertz CT molecular complexity index is 929. The third-order valence-electron chi connectivity index (χ3n) is 3.39. The van der Waals surface area contributed by atoms with Crippen LogP contribution in [0.15, 0.2) is 35.2 Å². The van der Waals surface area contributed by atoms with E-state index >= 15 is 0 Å². The van der Waals surface area contributed by atoms with Gasteiger partial charge in [0, 0.05) is 4.90 Å². The lowest BCUT2D eigenvalue weighted by atomic mass is 10.4. The van der Waals surface area contributed by atoms with Crippen molar-refractivity contribution in [1.29, 1.82) is 0 Å². The molecular weight excluding hydrogens is 508 g/mol. The fourth-order valence-corrected chi connectivity index (χ4v) is 10.5. The second kappa shape index (κ2) is 7.40. The van der Waals surface area contributed by atoms with Crippen LogP contribution in [-0.4, -0.2) is 55.3 Å². The standard InChI is InChI=1S/C12H11F10NO4S3/c1-28(2,8-6-4-3-5-7-8)23(29(24,25)11(19,20)9(13,14)15)30(26,27)12(21,22)10(16,17)18/h3-7H,1-2H3. The molecule has 0 unspecified atom stereocenters. The van der Waals surface area contributed by atoms with Crippen LogP contribution in [0.4, 0.5) is 43.9 Å². The first-order chi connectivity index (χ1) is 13.0. The zero-order chi connectivity index (χ0) is 24.2. The summed E-state index contributed by atoms with van der Waals surface area (Å²) in [5.74, 6) is 0. The fraction of sp³-hybridized carbons (Fsp3) is 0.500. The molecule has 5 nitrogen and oxygen atoms in total. The molecule has 0 aliphatic heterocycles. The molecule has 0 heterocycles. The van der Waals surface area contributed by atoms with Gasteiger partial charge in [0.2, 0.25) is 0 Å². The quantitative estimate of drug-likeness (QED) is 0.526. The van der Waals surface area contributed by atoms with Gasteiger partial charge in [0.05, 0.1) is 0 Å². The molecule has 0 fully saturated rings. The number of nitrogens with zero attached hydrogens (tertiary/aromatic N) is 1. The topological polar surface area (TPSA) is 71.5 Å². The third-order valence-corrected chi connectivity index (χ3v) is 12.7. The summed E-state index contributed by atoms with van der Waals surface area (Å²) in [5.41, 5.74) is 0. The Kier molecular flexibility index (Phi) is 6.61. The van der Waals surface area contributed by atoms with E-state index in [1.165, 1.54) is 6.07 Å². The van der Waals surface area contributed by atoms with Crippen molar-refractivity contribution in [1.82, 2.24) is 3.12 Å². The number of rotatable bonds is 6. The largest absolute Gasteiger partial charge is 0.471 e. The summed E-state index contributed by atoms with van der Waals surface area (Å²) in [6.45, 7) is 0. The van der Waals surface area contributed by atoms with E-state index in [9.17, 15) is 60.7 Å². The van der Waals surface area contributed by atoms with Gasteiger partial charge >= 0.3 is 42.9 Å². The van der Waals surface area contributed by atoms with Gasteiger partial charge in [0.25, 0.3) is 0 Å². The average molecular weight is 519 g/mol. The lowest BCUT2D eigenvalue weighted by Crippen LogP contribution is -2.59. The highest BCUT2D eigenvalue weighted by Crippen LogP contribution is 2.61. The molecule has 1 rings (SSSR count). The van der Waals surface area contributed by atoms with Gasteiger partial charge in [0.15, 0.2) is 0 Å². The van der Waals surface area contributed by atoms with Gasteiger partial charge in [-0.3, -0.25) is 0 Å². The van der Waals surface area contributed by atoms with E-state index in [4.69, 9.17) is 0 Å². The normalized spacial score (nSPS) is 16.0. The summed E-state index contributed by atoms with van der Waals surface area (Å²) in [7, 11) is -19.8. The minimum absolute atomic E-state index is 0.344. The van der Waals surface area contributed by atoms with E-state index < -0.39 is 61.1 Å². The predicted octanol–water partition coefficient (Wildman–Crippen LogP) is 4.30. The van der Waals surface area contributed by atoms with Crippen LogP contribution in [0.25, 0.3) is 0 Å². The van der Waals surface area contributed by atoms with Gasteiger partial charge in [-0.2, -0.15) is 43.9 Å². The second-order valence-electron chi connectivity index (χ2n) is 5.79. The van der Waals surface area contributed by atoms with E-state index in [-0.39, 0.29) is 0 Å². The van der Waals surface area contributed by atoms with Gasteiger partial charge in [-0.05, 0) is 27.8 Å². The molecule has 0 spiro atoms. The zero-order valence-electron chi connectivity index (χ0n) is 14.5. The van der Waals surface area contributed by atoms with Crippen LogP contribution in [0.3, 0.4) is 0 Å². The molecule has 0 saturated carbocycles. The van der Waals surface area contributed by atoms with Crippen molar-refractivity contribution >= 4 is 30.3 Å². The smallest absolute Gasteiger partial charge is 0.204 e. The van der Waals surface area contributed by atoms with Gasteiger partial charge in [-0.15, -0.1) is 10.2 Å². The maximum Gasteiger partial charge on any atom is 0.471 e. The summed E-state index contributed by atoms with van der Waals surface area (Å²) in [5, 5.41) is -14.0. The predicted molar refractivity (Wildman–Crippen MR) is 85.8 cm³/mol. The molecule has 1 aromatic carbocycles. The van der Waals surface area contributed by atoms with E-state index in [0.29, 0.717) is 12.5 Å². The van der Waals surface area contributed by atoms with Crippen LogP contribution in [0.1, 0.15) is 0 Å². The summed E-state index contributed by atoms with van der Waals surface area (Å²) in [6.07, 6.45) is -13.4. The minimum atomic E-state index is -7.72. The Labute approximate surface area is 165 Å². The van der Waals surface area contributed by atoms with Crippen molar-refractivity contribution in [3.05, 3.63) is 30.3 Å². The maximum atomic E-state index is 13.7. The number of halogens is 10. The summed E-state index contributed by atoms with van der Waals surface area (Å²) in [6, 6.07) is 4.67. The molecule has 30 heavy (non-hydrogen) atoms. The van der Waals surface area contributed by atoms with E-state index in [1.54, 1.807) is 0 Å². The number of sulfonamides is 2. The Morgan fingerprint density at radius 2 is 0.933 bits per heavy atom. The summed E-state index contributed by atoms with van der Waals surface area (Å²) in [4.78, 5) is -0.701. The van der Waals surface area contributed by atoms with Crippen LogP contribution in [0.5, 0.6) is 0 Å². The van der Waals surface area contributed by atoms with Crippen molar-refractivity contribution < 1.29 is 60.7 Å². The number of hydrogen-bond donors (Lipinski definition) is 0. The zero-order valence-corrected chi connectivity index (χ0v) is 16.9. The van der Waals surface area contributed by atoms with E-state index in [2.05, 4.69) is 0 Å². The minimum Gasteiger partial charge on any atom is -0.204 e. The lowest BCUT2D eigenvalue weighted by molar-refractivity contribution is -0.243. The summed E-state index contributed by atoms with van der Waals surface area (Å²) < 4.78 is 177. The van der Waals surface area contributed by atoms with Crippen molar-refractivity contribution in [3.63, 3.8) is 0 Å². The van der Waals surface area contributed by atoms with Crippen LogP contribution < -0.4 is 0 Å². The molecule has 0 saturated heterocycles. The molecule has 0 radical (unpaired) electrons. The first-order valence-electron chi connectivity index (χ1n) is 6.94. The van der Waals surface area contributed by atoms with Crippen LogP contribution in [0, 0.1) is 0 Å². The van der Waals surface area contributed by atoms with Gasteiger partial charge in [-0.1, -0.05) is 18.2 Å². The molecule has 1 aromatic rings. The highest BCUT2D eigenvalue weighted by Gasteiger charge is 2.77. The average Bonchev–Trinajstić information content (AvgIpc) is 2.52. The molecule has 0 aliphatic rings. The monoisotopic (exact) mass is 519 g/mol. The number of alkyl halides is 10. The highest BCUT2D eigenvalue weighted by molar-refractivity contribution is 8.40. The third kappa shape index (κ3) is 3.97. The molecule has 0 bridgehead atoms. The highest BCUT2D eigenvalue weighted by atomic mass is 32.4. The van der Waals surface area contributed by atoms with E-state index in [0.717, 1.165) is 24.3 Å².